The second-order valence-electron chi connectivity index (χ2n) is 16.3. The SMILES string of the molecule is C=C/C=C\C=C(/C)c1cc(-c2ccccc2)cc(-n2c3ccccc3c3cc(-c4ccc5c(c4)c4ccccc4n5-c4ccc(-c5cccc(-c6ccccc6)c5)cc4)ccc32)c1. The number of aromatic nitrogens is 2. The summed E-state index contributed by atoms with van der Waals surface area (Å²) in [5.41, 5.74) is 19.0. The molecular formula is C61H44N2. The van der Waals surface area contributed by atoms with Crippen LogP contribution in [0.4, 0.5) is 0 Å². The Hall–Kier alpha value is -8.20. The van der Waals surface area contributed by atoms with Crippen molar-refractivity contribution < 1.29 is 0 Å². The minimum absolute atomic E-state index is 1.13. The molecule has 0 unspecified atom stereocenters. The number of hydrogen-bond donors (Lipinski definition) is 0. The molecule has 0 saturated carbocycles. The van der Waals surface area contributed by atoms with Gasteiger partial charge in [-0.1, -0.05) is 170 Å². The first kappa shape index (κ1) is 37.8. The second-order valence-corrected chi connectivity index (χ2v) is 16.3. The summed E-state index contributed by atoms with van der Waals surface area (Å²) in [7, 11) is 0. The molecule has 2 heterocycles. The van der Waals surface area contributed by atoms with Crippen molar-refractivity contribution in [3.63, 3.8) is 0 Å². The Morgan fingerprint density at radius 2 is 0.810 bits per heavy atom. The van der Waals surface area contributed by atoms with E-state index < -0.39 is 0 Å². The summed E-state index contributed by atoms with van der Waals surface area (Å²) in [5.74, 6) is 0. The number of hydrogen-bond acceptors (Lipinski definition) is 0. The van der Waals surface area contributed by atoms with Gasteiger partial charge in [0.25, 0.3) is 0 Å². The Morgan fingerprint density at radius 1 is 0.349 bits per heavy atom. The summed E-state index contributed by atoms with van der Waals surface area (Å²) in [6, 6.07) is 77.5. The van der Waals surface area contributed by atoms with Gasteiger partial charge in [-0.25, -0.2) is 0 Å². The normalized spacial score (nSPS) is 12.0. The van der Waals surface area contributed by atoms with Crippen molar-refractivity contribution in [2.45, 2.75) is 6.92 Å². The molecule has 0 aliphatic carbocycles. The van der Waals surface area contributed by atoms with E-state index in [2.05, 4.69) is 247 Å². The van der Waals surface area contributed by atoms with Crippen molar-refractivity contribution in [2.24, 2.45) is 0 Å². The molecule has 0 radical (unpaired) electrons. The van der Waals surface area contributed by atoms with Gasteiger partial charge in [0.15, 0.2) is 0 Å². The third-order valence-electron chi connectivity index (χ3n) is 12.4. The largest absolute Gasteiger partial charge is 0.309 e. The van der Waals surface area contributed by atoms with Crippen LogP contribution in [0.25, 0.3) is 105 Å². The van der Waals surface area contributed by atoms with Crippen LogP contribution in [0.1, 0.15) is 12.5 Å². The molecule has 0 atom stereocenters. The van der Waals surface area contributed by atoms with E-state index in [0.717, 1.165) is 11.4 Å². The predicted octanol–water partition coefficient (Wildman–Crippen LogP) is 16.7. The molecule has 11 aromatic rings. The van der Waals surface area contributed by atoms with Gasteiger partial charge in [0.2, 0.25) is 0 Å². The number of benzene rings is 9. The van der Waals surface area contributed by atoms with Crippen molar-refractivity contribution in [1.82, 2.24) is 9.13 Å². The van der Waals surface area contributed by atoms with Crippen molar-refractivity contribution in [1.29, 1.82) is 0 Å². The summed E-state index contributed by atoms with van der Waals surface area (Å²) < 4.78 is 4.83. The van der Waals surface area contributed by atoms with Crippen LogP contribution in [-0.4, -0.2) is 9.13 Å². The summed E-state index contributed by atoms with van der Waals surface area (Å²) in [6.45, 7) is 6.03. The number of fused-ring (bicyclic) bond motifs is 6. The fourth-order valence-corrected chi connectivity index (χ4v) is 9.31. The van der Waals surface area contributed by atoms with E-state index in [0.29, 0.717) is 0 Å². The highest BCUT2D eigenvalue weighted by molar-refractivity contribution is 6.13. The van der Waals surface area contributed by atoms with E-state index in [-0.39, 0.29) is 0 Å². The topological polar surface area (TPSA) is 9.86 Å². The van der Waals surface area contributed by atoms with E-state index in [1.165, 1.54) is 99.3 Å². The molecule has 298 valence electrons. The first-order valence-corrected chi connectivity index (χ1v) is 21.6. The lowest BCUT2D eigenvalue weighted by Gasteiger charge is -2.14. The average molecular weight is 805 g/mol. The van der Waals surface area contributed by atoms with Crippen LogP contribution in [0.5, 0.6) is 0 Å². The Kier molecular flexibility index (Phi) is 9.60. The first-order chi connectivity index (χ1) is 31.1. The van der Waals surface area contributed by atoms with E-state index >= 15 is 0 Å². The Balaban J connectivity index is 1.00. The van der Waals surface area contributed by atoms with Crippen LogP contribution < -0.4 is 0 Å². The Labute approximate surface area is 368 Å². The van der Waals surface area contributed by atoms with Gasteiger partial charge in [-0.05, 0) is 135 Å². The molecule has 0 aliphatic heterocycles. The highest BCUT2D eigenvalue weighted by atomic mass is 15.0. The number of para-hydroxylation sites is 2. The van der Waals surface area contributed by atoms with Gasteiger partial charge < -0.3 is 9.13 Å². The van der Waals surface area contributed by atoms with Gasteiger partial charge >= 0.3 is 0 Å². The van der Waals surface area contributed by atoms with Crippen molar-refractivity contribution >= 4 is 49.2 Å². The summed E-state index contributed by atoms with van der Waals surface area (Å²) >= 11 is 0. The molecule has 2 aromatic heterocycles. The van der Waals surface area contributed by atoms with Gasteiger partial charge in [-0.2, -0.15) is 0 Å². The standard InChI is InChI=1S/C61H44N2/c1-3-4-7-17-42(2)50-37-51(44-20-10-6-11-21-44)39-53(38-50)63-59-27-15-13-25-55(59)57-41-49(31-35-61(57)63)48-30-34-60-56(40-48)54-24-12-14-26-58(54)62(60)52-32-28-45(29-33-52)47-23-16-22-46(36-47)43-18-8-5-9-19-43/h3-41H,1H2,2H3/b7-4-,42-17+. The summed E-state index contributed by atoms with van der Waals surface area (Å²) in [6.07, 6.45) is 7.99. The molecule has 63 heavy (non-hydrogen) atoms. The zero-order chi connectivity index (χ0) is 42.3. The molecular weight excluding hydrogens is 761 g/mol. The smallest absolute Gasteiger partial charge is 0.0541 e. The van der Waals surface area contributed by atoms with Crippen LogP contribution in [0.3, 0.4) is 0 Å². The fraction of sp³-hybridized carbons (Fsp3) is 0.0164. The molecule has 2 nitrogen and oxygen atoms in total. The van der Waals surface area contributed by atoms with Crippen molar-refractivity contribution in [3.8, 4) is 55.9 Å². The molecule has 0 fully saturated rings. The maximum Gasteiger partial charge on any atom is 0.0541 e. The Bertz CT molecular complexity index is 3560. The van der Waals surface area contributed by atoms with Crippen molar-refractivity contribution in [3.05, 3.63) is 249 Å². The van der Waals surface area contributed by atoms with Gasteiger partial charge in [-0.3, -0.25) is 0 Å². The van der Waals surface area contributed by atoms with E-state index in [1.54, 1.807) is 0 Å². The number of allylic oxidation sites excluding steroid dienone is 5. The third-order valence-corrected chi connectivity index (χ3v) is 12.4. The quantitative estimate of drug-likeness (QED) is 0.129. The van der Waals surface area contributed by atoms with Crippen molar-refractivity contribution in [2.75, 3.05) is 0 Å². The van der Waals surface area contributed by atoms with Crippen LogP contribution in [0.2, 0.25) is 0 Å². The number of nitrogens with zero attached hydrogens (tertiary/aromatic N) is 2. The van der Waals surface area contributed by atoms with Gasteiger partial charge in [0, 0.05) is 32.9 Å². The zero-order valence-electron chi connectivity index (χ0n) is 35.1. The molecule has 2 heteroatoms. The summed E-state index contributed by atoms with van der Waals surface area (Å²) in [5, 5.41) is 4.94. The highest BCUT2D eigenvalue weighted by Crippen LogP contribution is 2.40. The lowest BCUT2D eigenvalue weighted by atomic mass is 9.98. The van der Waals surface area contributed by atoms with E-state index in [4.69, 9.17) is 0 Å². The maximum absolute atomic E-state index is 3.85. The minimum Gasteiger partial charge on any atom is -0.309 e. The minimum atomic E-state index is 1.13. The van der Waals surface area contributed by atoms with Crippen LogP contribution in [0.15, 0.2) is 243 Å². The lowest BCUT2D eigenvalue weighted by Crippen LogP contribution is -1.97. The second kappa shape index (κ2) is 16.0. The molecule has 0 saturated heterocycles. The van der Waals surface area contributed by atoms with Crippen LogP contribution in [-0.2, 0) is 0 Å². The maximum atomic E-state index is 3.85. The van der Waals surface area contributed by atoms with Gasteiger partial charge in [0.05, 0.1) is 22.1 Å². The first-order valence-electron chi connectivity index (χ1n) is 21.6. The number of rotatable bonds is 9. The molecule has 11 rings (SSSR count). The molecule has 0 N–H and O–H groups in total. The molecule has 0 bridgehead atoms. The predicted molar refractivity (Wildman–Crippen MR) is 270 cm³/mol. The van der Waals surface area contributed by atoms with Gasteiger partial charge in [0.1, 0.15) is 0 Å². The molecule has 0 aliphatic rings. The molecule has 0 amide bonds. The van der Waals surface area contributed by atoms with Crippen LogP contribution in [0, 0.1) is 0 Å². The lowest BCUT2D eigenvalue weighted by molar-refractivity contribution is 1.18. The zero-order valence-corrected chi connectivity index (χ0v) is 35.1. The fourth-order valence-electron chi connectivity index (χ4n) is 9.31. The Morgan fingerprint density at radius 3 is 1.40 bits per heavy atom. The van der Waals surface area contributed by atoms with Crippen LogP contribution >= 0.6 is 0 Å². The monoisotopic (exact) mass is 804 g/mol. The van der Waals surface area contributed by atoms with E-state index in [9.17, 15) is 0 Å². The van der Waals surface area contributed by atoms with Gasteiger partial charge in [-0.15, -0.1) is 0 Å². The average Bonchev–Trinajstić information content (AvgIpc) is 3.87. The molecule has 0 spiro atoms. The third kappa shape index (κ3) is 6.89. The molecule has 9 aromatic carbocycles. The highest BCUT2D eigenvalue weighted by Gasteiger charge is 2.17. The summed E-state index contributed by atoms with van der Waals surface area (Å²) in [4.78, 5) is 0. The van der Waals surface area contributed by atoms with E-state index in [1.807, 2.05) is 12.2 Å².